The van der Waals surface area contributed by atoms with Crippen molar-refractivity contribution in [3.05, 3.63) is 29.6 Å². The quantitative estimate of drug-likeness (QED) is 0.858. The third-order valence-electron chi connectivity index (χ3n) is 4.05. The summed E-state index contributed by atoms with van der Waals surface area (Å²) < 4.78 is 13.4. The van der Waals surface area contributed by atoms with Crippen molar-refractivity contribution in [2.75, 3.05) is 31.6 Å². The minimum atomic E-state index is -0.188. The van der Waals surface area contributed by atoms with E-state index in [1.165, 1.54) is 6.07 Å². The second-order valence-corrected chi connectivity index (χ2v) is 5.33. The third kappa shape index (κ3) is 3.25. The molecule has 0 aliphatic carbocycles. The minimum Gasteiger partial charge on any atom is -0.396 e. The van der Waals surface area contributed by atoms with Crippen LogP contribution in [0.3, 0.4) is 0 Å². The van der Waals surface area contributed by atoms with Gasteiger partial charge in [0.2, 0.25) is 0 Å². The van der Waals surface area contributed by atoms with Crippen LogP contribution < -0.4 is 10.2 Å². The van der Waals surface area contributed by atoms with Gasteiger partial charge in [-0.1, -0.05) is 0 Å². The Balaban J connectivity index is 2.20. The number of nitrogens with zero attached hydrogens (tertiary/aromatic N) is 1. The summed E-state index contributed by atoms with van der Waals surface area (Å²) in [6.45, 7) is 4.23. The zero-order chi connectivity index (χ0) is 13.8. The SMILES string of the molecule is CNC(C)c1cc(F)ccc1N1CCC(CCO)C1. The highest BCUT2D eigenvalue weighted by Gasteiger charge is 2.24. The highest BCUT2D eigenvalue weighted by atomic mass is 19.1. The molecule has 1 aliphatic rings. The molecule has 2 N–H and O–H groups in total. The highest BCUT2D eigenvalue weighted by molar-refractivity contribution is 5.56. The van der Waals surface area contributed by atoms with Crippen LogP contribution in [0.4, 0.5) is 10.1 Å². The fourth-order valence-corrected chi connectivity index (χ4v) is 2.79. The lowest BCUT2D eigenvalue weighted by molar-refractivity contribution is 0.263. The van der Waals surface area contributed by atoms with Gasteiger partial charge in [-0.3, -0.25) is 0 Å². The maximum atomic E-state index is 13.4. The maximum absolute atomic E-state index is 13.4. The van der Waals surface area contributed by atoms with E-state index in [1.807, 2.05) is 20.0 Å². The Morgan fingerprint density at radius 1 is 1.53 bits per heavy atom. The van der Waals surface area contributed by atoms with Gasteiger partial charge in [-0.05, 0) is 56.5 Å². The van der Waals surface area contributed by atoms with E-state index in [9.17, 15) is 4.39 Å². The van der Waals surface area contributed by atoms with Crippen molar-refractivity contribution in [1.82, 2.24) is 5.32 Å². The molecule has 106 valence electrons. The number of aliphatic hydroxyl groups excluding tert-OH is 1. The van der Waals surface area contributed by atoms with Crippen LogP contribution in [0, 0.1) is 11.7 Å². The number of nitrogens with one attached hydrogen (secondary N) is 1. The number of hydrogen-bond donors (Lipinski definition) is 2. The molecule has 2 rings (SSSR count). The lowest BCUT2D eigenvalue weighted by Crippen LogP contribution is -2.24. The summed E-state index contributed by atoms with van der Waals surface area (Å²) in [6.07, 6.45) is 1.96. The van der Waals surface area contributed by atoms with Gasteiger partial charge in [-0.15, -0.1) is 0 Å². The Morgan fingerprint density at radius 2 is 2.32 bits per heavy atom. The number of halogens is 1. The first-order valence-electron chi connectivity index (χ1n) is 6.98. The van der Waals surface area contributed by atoms with Gasteiger partial charge in [0, 0.05) is 31.4 Å². The van der Waals surface area contributed by atoms with E-state index in [4.69, 9.17) is 5.11 Å². The molecular formula is C15H23FN2O. The zero-order valence-corrected chi connectivity index (χ0v) is 11.7. The van der Waals surface area contributed by atoms with Crippen LogP contribution in [0.5, 0.6) is 0 Å². The molecule has 1 aromatic rings. The Bertz CT molecular complexity index is 425. The smallest absolute Gasteiger partial charge is 0.123 e. The van der Waals surface area contributed by atoms with Gasteiger partial charge in [0.15, 0.2) is 0 Å². The highest BCUT2D eigenvalue weighted by Crippen LogP contribution is 2.32. The summed E-state index contributed by atoms with van der Waals surface area (Å²) >= 11 is 0. The lowest BCUT2D eigenvalue weighted by atomic mass is 10.0. The first-order chi connectivity index (χ1) is 9.15. The molecular weight excluding hydrogens is 243 g/mol. The molecule has 1 fully saturated rings. The van der Waals surface area contributed by atoms with E-state index >= 15 is 0 Å². The molecule has 0 aromatic heterocycles. The topological polar surface area (TPSA) is 35.5 Å². The summed E-state index contributed by atoms with van der Waals surface area (Å²) in [5.74, 6) is 0.361. The average molecular weight is 266 g/mol. The van der Waals surface area contributed by atoms with Gasteiger partial charge in [0.1, 0.15) is 5.82 Å². The Hall–Kier alpha value is -1.13. The normalized spacial score (nSPS) is 20.8. The Morgan fingerprint density at radius 3 is 3.00 bits per heavy atom. The Labute approximate surface area is 114 Å². The van der Waals surface area contributed by atoms with E-state index in [0.717, 1.165) is 37.2 Å². The molecule has 0 spiro atoms. The van der Waals surface area contributed by atoms with Crippen LogP contribution >= 0.6 is 0 Å². The van der Waals surface area contributed by atoms with Gasteiger partial charge in [-0.2, -0.15) is 0 Å². The molecule has 1 aliphatic heterocycles. The van der Waals surface area contributed by atoms with E-state index < -0.39 is 0 Å². The van der Waals surface area contributed by atoms with Crippen molar-refractivity contribution in [1.29, 1.82) is 0 Å². The van der Waals surface area contributed by atoms with Crippen LogP contribution in [0.1, 0.15) is 31.4 Å². The van der Waals surface area contributed by atoms with Crippen LogP contribution in [0.2, 0.25) is 0 Å². The predicted octanol–water partition coefficient (Wildman–Crippen LogP) is 2.31. The van der Waals surface area contributed by atoms with E-state index in [-0.39, 0.29) is 18.5 Å². The van der Waals surface area contributed by atoms with Gasteiger partial charge >= 0.3 is 0 Å². The van der Waals surface area contributed by atoms with Crippen molar-refractivity contribution in [3.63, 3.8) is 0 Å². The van der Waals surface area contributed by atoms with Crippen LogP contribution in [0.25, 0.3) is 0 Å². The largest absolute Gasteiger partial charge is 0.396 e. The fourth-order valence-electron chi connectivity index (χ4n) is 2.79. The van der Waals surface area contributed by atoms with Crippen molar-refractivity contribution in [2.24, 2.45) is 5.92 Å². The molecule has 1 heterocycles. The summed E-state index contributed by atoms with van der Waals surface area (Å²) in [5, 5.41) is 12.2. The molecule has 2 unspecified atom stereocenters. The standard InChI is InChI=1S/C15H23FN2O/c1-11(17-2)14-9-13(16)3-4-15(14)18-7-5-12(10-18)6-8-19/h3-4,9,11-12,17,19H,5-8,10H2,1-2H3. The summed E-state index contributed by atoms with van der Waals surface area (Å²) in [5.41, 5.74) is 2.12. The first kappa shape index (κ1) is 14.3. The van der Waals surface area contributed by atoms with Crippen LogP contribution in [-0.4, -0.2) is 31.9 Å². The predicted molar refractivity (Wildman–Crippen MR) is 75.9 cm³/mol. The third-order valence-corrected chi connectivity index (χ3v) is 4.05. The molecule has 0 amide bonds. The van der Waals surface area contributed by atoms with Gasteiger partial charge < -0.3 is 15.3 Å². The van der Waals surface area contributed by atoms with E-state index in [0.29, 0.717) is 5.92 Å². The molecule has 1 aromatic carbocycles. The molecule has 1 saturated heterocycles. The van der Waals surface area contributed by atoms with Crippen molar-refractivity contribution < 1.29 is 9.50 Å². The second kappa shape index (κ2) is 6.35. The average Bonchev–Trinajstić information content (AvgIpc) is 2.86. The molecule has 0 radical (unpaired) electrons. The molecule has 2 atom stereocenters. The van der Waals surface area contributed by atoms with Gasteiger partial charge in [0.05, 0.1) is 0 Å². The molecule has 0 saturated carbocycles. The van der Waals surface area contributed by atoms with Crippen molar-refractivity contribution in [3.8, 4) is 0 Å². The van der Waals surface area contributed by atoms with Crippen LogP contribution in [0.15, 0.2) is 18.2 Å². The Kier molecular flexibility index (Phi) is 4.77. The number of anilines is 1. The summed E-state index contributed by atoms with van der Waals surface area (Å²) in [6, 6.07) is 5.15. The number of rotatable bonds is 5. The molecule has 4 heteroatoms. The van der Waals surface area contributed by atoms with E-state index in [1.54, 1.807) is 6.07 Å². The van der Waals surface area contributed by atoms with Gasteiger partial charge in [0.25, 0.3) is 0 Å². The second-order valence-electron chi connectivity index (χ2n) is 5.33. The zero-order valence-electron chi connectivity index (χ0n) is 11.7. The molecule has 3 nitrogen and oxygen atoms in total. The van der Waals surface area contributed by atoms with Crippen LogP contribution in [-0.2, 0) is 0 Å². The maximum Gasteiger partial charge on any atom is 0.123 e. The fraction of sp³-hybridized carbons (Fsp3) is 0.600. The lowest BCUT2D eigenvalue weighted by Gasteiger charge is -2.25. The number of hydrogen-bond acceptors (Lipinski definition) is 3. The van der Waals surface area contributed by atoms with E-state index in [2.05, 4.69) is 10.2 Å². The summed E-state index contributed by atoms with van der Waals surface area (Å²) in [7, 11) is 1.89. The number of benzene rings is 1. The first-order valence-corrected chi connectivity index (χ1v) is 6.98. The monoisotopic (exact) mass is 266 g/mol. The summed E-state index contributed by atoms with van der Waals surface area (Å²) in [4.78, 5) is 2.31. The molecule has 0 bridgehead atoms. The minimum absolute atomic E-state index is 0.127. The number of aliphatic hydroxyl groups is 1. The molecule has 19 heavy (non-hydrogen) atoms. The van der Waals surface area contributed by atoms with Crippen molar-refractivity contribution in [2.45, 2.75) is 25.8 Å². The van der Waals surface area contributed by atoms with Gasteiger partial charge in [-0.25, -0.2) is 4.39 Å². The van der Waals surface area contributed by atoms with Crippen molar-refractivity contribution >= 4 is 5.69 Å².